The van der Waals surface area contributed by atoms with Crippen LogP contribution in [0.15, 0.2) is 18.3 Å². The number of hydrogen-bond donors (Lipinski definition) is 1. The molecule has 1 aromatic heterocycles. The van der Waals surface area contributed by atoms with Gasteiger partial charge in [-0.1, -0.05) is 0 Å². The summed E-state index contributed by atoms with van der Waals surface area (Å²) in [5.41, 5.74) is 6.44. The van der Waals surface area contributed by atoms with Crippen LogP contribution in [0.2, 0.25) is 0 Å². The van der Waals surface area contributed by atoms with Gasteiger partial charge in [0.25, 0.3) is 5.91 Å². The van der Waals surface area contributed by atoms with Crippen LogP contribution in [0.25, 0.3) is 0 Å². The van der Waals surface area contributed by atoms with E-state index in [4.69, 9.17) is 10.5 Å². The number of methoxy groups -OCH3 is 1. The van der Waals surface area contributed by atoms with E-state index in [-0.39, 0.29) is 11.9 Å². The van der Waals surface area contributed by atoms with Gasteiger partial charge in [-0.2, -0.15) is 0 Å². The van der Waals surface area contributed by atoms with Crippen LogP contribution in [0.3, 0.4) is 0 Å². The molecule has 1 aliphatic rings. The highest BCUT2D eigenvalue weighted by molar-refractivity contribution is 5.93. The first-order valence-electron chi connectivity index (χ1n) is 5.43. The predicted molar refractivity (Wildman–Crippen MR) is 60.2 cm³/mol. The van der Waals surface area contributed by atoms with Gasteiger partial charge in [-0.3, -0.25) is 4.79 Å². The Balaban J connectivity index is 2.20. The van der Waals surface area contributed by atoms with Gasteiger partial charge in [0.1, 0.15) is 5.69 Å². The molecule has 0 aromatic carbocycles. The van der Waals surface area contributed by atoms with Gasteiger partial charge in [0.2, 0.25) is 0 Å². The van der Waals surface area contributed by atoms with E-state index in [0.717, 1.165) is 12.2 Å². The van der Waals surface area contributed by atoms with Gasteiger partial charge in [0.15, 0.2) is 0 Å². The zero-order chi connectivity index (χ0) is 11.5. The third-order valence-electron chi connectivity index (χ3n) is 2.97. The highest BCUT2D eigenvalue weighted by atomic mass is 16.5. The lowest BCUT2D eigenvalue weighted by Crippen LogP contribution is -2.52. The standard InChI is InChI=1S/C11H17N3O2/c1-16-6-5-14-9(7-12)8-13-4-2-3-10(13)11(14)15/h2-4,9H,5-8,12H2,1H3. The summed E-state index contributed by atoms with van der Waals surface area (Å²) in [4.78, 5) is 14.0. The second-order valence-electron chi connectivity index (χ2n) is 3.93. The Labute approximate surface area is 94.8 Å². The number of fused-ring (bicyclic) bond motifs is 1. The topological polar surface area (TPSA) is 60.5 Å². The zero-order valence-corrected chi connectivity index (χ0v) is 9.43. The van der Waals surface area contributed by atoms with E-state index in [1.54, 1.807) is 12.0 Å². The van der Waals surface area contributed by atoms with Crippen LogP contribution in [-0.4, -0.2) is 48.2 Å². The zero-order valence-electron chi connectivity index (χ0n) is 9.43. The normalized spacial score (nSPS) is 20.0. The third-order valence-corrected chi connectivity index (χ3v) is 2.97. The van der Waals surface area contributed by atoms with Gasteiger partial charge in [-0.05, 0) is 12.1 Å². The summed E-state index contributed by atoms with van der Waals surface area (Å²) < 4.78 is 6.98. The van der Waals surface area contributed by atoms with Gasteiger partial charge < -0.3 is 19.9 Å². The lowest BCUT2D eigenvalue weighted by molar-refractivity contribution is 0.0523. The van der Waals surface area contributed by atoms with E-state index in [1.165, 1.54) is 0 Å². The quantitative estimate of drug-likeness (QED) is 0.776. The molecule has 88 valence electrons. The summed E-state index contributed by atoms with van der Waals surface area (Å²) in [5.74, 6) is 0.0451. The van der Waals surface area contributed by atoms with Crippen molar-refractivity contribution in [1.82, 2.24) is 9.47 Å². The van der Waals surface area contributed by atoms with Crippen LogP contribution in [0.4, 0.5) is 0 Å². The van der Waals surface area contributed by atoms with Crippen molar-refractivity contribution in [3.05, 3.63) is 24.0 Å². The monoisotopic (exact) mass is 223 g/mol. The van der Waals surface area contributed by atoms with Crippen molar-refractivity contribution in [3.8, 4) is 0 Å². The van der Waals surface area contributed by atoms with E-state index < -0.39 is 0 Å². The molecule has 0 aliphatic carbocycles. The summed E-state index contributed by atoms with van der Waals surface area (Å²) in [6.07, 6.45) is 1.92. The fraction of sp³-hybridized carbons (Fsp3) is 0.545. The molecule has 1 unspecified atom stereocenters. The summed E-state index contributed by atoms with van der Waals surface area (Å²) >= 11 is 0. The molecule has 0 spiro atoms. The fourth-order valence-electron chi connectivity index (χ4n) is 2.08. The third kappa shape index (κ3) is 1.83. The molecule has 1 aromatic rings. The lowest BCUT2D eigenvalue weighted by Gasteiger charge is -2.35. The van der Waals surface area contributed by atoms with Crippen molar-refractivity contribution in [3.63, 3.8) is 0 Å². The first kappa shape index (κ1) is 11.2. The minimum atomic E-state index is 0.0451. The number of nitrogens with two attached hydrogens (primary N) is 1. The summed E-state index contributed by atoms with van der Waals surface area (Å²) in [6.45, 7) is 2.40. The molecule has 1 aliphatic heterocycles. The fourth-order valence-corrected chi connectivity index (χ4v) is 2.08. The Bertz CT molecular complexity index is 375. The maximum absolute atomic E-state index is 12.1. The highest BCUT2D eigenvalue weighted by Gasteiger charge is 2.30. The van der Waals surface area contributed by atoms with Gasteiger partial charge in [-0.15, -0.1) is 0 Å². The minimum Gasteiger partial charge on any atom is -0.383 e. The number of rotatable bonds is 4. The molecule has 0 saturated heterocycles. The van der Waals surface area contributed by atoms with Crippen molar-refractivity contribution in [2.45, 2.75) is 12.6 Å². The minimum absolute atomic E-state index is 0.0451. The summed E-state index contributed by atoms with van der Waals surface area (Å²) in [5, 5.41) is 0. The van der Waals surface area contributed by atoms with Gasteiger partial charge in [0, 0.05) is 32.9 Å². The molecule has 2 N–H and O–H groups in total. The molecule has 1 amide bonds. The highest BCUT2D eigenvalue weighted by Crippen LogP contribution is 2.17. The second-order valence-corrected chi connectivity index (χ2v) is 3.93. The second kappa shape index (κ2) is 4.67. The van der Waals surface area contributed by atoms with E-state index in [2.05, 4.69) is 0 Å². The van der Waals surface area contributed by atoms with E-state index in [0.29, 0.717) is 19.7 Å². The molecule has 5 heteroatoms. The average Bonchev–Trinajstić information content (AvgIpc) is 2.76. The molecule has 0 saturated carbocycles. The van der Waals surface area contributed by atoms with E-state index in [1.807, 2.05) is 22.9 Å². The number of nitrogens with zero attached hydrogens (tertiary/aromatic N) is 2. The summed E-state index contributed by atoms with van der Waals surface area (Å²) in [6, 6.07) is 3.80. The number of carbonyl (C=O) groups excluding carboxylic acids is 1. The molecular weight excluding hydrogens is 206 g/mol. The molecule has 2 rings (SSSR count). The number of amides is 1. The molecule has 0 radical (unpaired) electrons. The Kier molecular flexibility index (Phi) is 3.26. The maximum Gasteiger partial charge on any atom is 0.270 e. The van der Waals surface area contributed by atoms with Crippen molar-refractivity contribution in [2.75, 3.05) is 26.8 Å². The van der Waals surface area contributed by atoms with Crippen molar-refractivity contribution in [2.24, 2.45) is 5.73 Å². The SMILES string of the molecule is COCCN1C(=O)c2cccn2CC1CN. The molecule has 5 nitrogen and oxygen atoms in total. The molecule has 16 heavy (non-hydrogen) atoms. The van der Waals surface area contributed by atoms with Crippen LogP contribution < -0.4 is 5.73 Å². The molecule has 0 fully saturated rings. The van der Waals surface area contributed by atoms with Gasteiger partial charge in [0.05, 0.1) is 12.6 Å². The first-order chi connectivity index (χ1) is 7.77. The van der Waals surface area contributed by atoms with Gasteiger partial charge >= 0.3 is 0 Å². The van der Waals surface area contributed by atoms with Crippen LogP contribution in [0.1, 0.15) is 10.5 Å². The maximum atomic E-state index is 12.1. The smallest absolute Gasteiger partial charge is 0.270 e. The van der Waals surface area contributed by atoms with E-state index in [9.17, 15) is 4.79 Å². The van der Waals surface area contributed by atoms with Crippen molar-refractivity contribution in [1.29, 1.82) is 0 Å². The van der Waals surface area contributed by atoms with Gasteiger partial charge in [-0.25, -0.2) is 0 Å². The van der Waals surface area contributed by atoms with Crippen LogP contribution in [0, 0.1) is 0 Å². The molecular formula is C11H17N3O2. The number of aromatic nitrogens is 1. The predicted octanol–water partition coefficient (Wildman–Crippen LogP) is -0.0824. The van der Waals surface area contributed by atoms with Crippen molar-refractivity contribution >= 4 is 5.91 Å². The lowest BCUT2D eigenvalue weighted by atomic mass is 10.1. The van der Waals surface area contributed by atoms with Crippen LogP contribution >= 0.6 is 0 Å². The Morgan fingerprint density at radius 2 is 2.44 bits per heavy atom. The molecule has 0 bridgehead atoms. The number of ether oxygens (including phenoxy) is 1. The van der Waals surface area contributed by atoms with Crippen molar-refractivity contribution < 1.29 is 9.53 Å². The van der Waals surface area contributed by atoms with E-state index >= 15 is 0 Å². The first-order valence-corrected chi connectivity index (χ1v) is 5.43. The number of hydrogen-bond acceptors (Lipinski definition) is 3. The van der Waals surface area contributed by atoms with Crippen LogP contribution in [-0.2, 0) is 11.3 Å². The average molecular weight is 223 g/mol. The largest absolute Gasteiger partial charge is 0.383 e. The summed E-state index contributed by atoms with van der Waals surface area (Å²) in [7, 11) is 1.63. The molecule has 1 atom stereocenters. The Morgan fingerprint density at radius 1 is 1.62 bits per heavy atom. The Morgan fingerprint density at radius 3 is 3.12 bits per heavy atom. The molecule has 2 heterocycles. The number of carbonyl (C=O) groups is 1. The Hall–Kier alpha value is -1.33. The van der Waals surface area contributed by atoms with Crippen LogP contribution in [0.5, 0.6) is 0 Å².